The number of hydrogen-bond donors (Lipinski definition) is 2. The summed E-state index contributed by atoms with van der Waals surface area (Å²) in [7, 11) is -1.52. The predicted molar refractivity (Wildman–Crippen MR) is 117 cm³/mol. The summed E-state index contributed by atoms with van der Waals surface area (Å²) in [5, 5.41) is 6.54. The average Bonchev–Trinajstić information content (AvgIpc) is 3.05. The van der Waals surface area contributed by atoms with Crippen LogP contribution < -0.4 is 14.9 Å². The first-order valence-corrected chi connectivity index (χ1v) is 10.7. The number of aliphatic imine (C=N–C) groups is 1. The quantitative estimate of drug-likeness (QED) is 0.350. The lowest BCUT2D eigenvalue weighted by Gasteiger charge is -2.37. The van der Waals surface area contributed by atoms with Crippen molar-refractivity contribution in [2.24, 2.45) is 4.99 Å². The zero-order valence-corrected chi connectivity index (χ0v) is 18.9. The number of nitrogens with zero attached hydrogens (tertiary/aromatic N) is 3. The van der Waals surface area contributed by atoms with E-state index in [4.69, 9.17) is 0 Å². The SMILES string of the molecule is CN=C(NCCS(=O)(=O)NC(C)C)N1CCN(c2cccs2)CC1.I. The molecule has 1 aliphatic heterocycles. The van der Waals surface area contributed by atoms with Crippen LogP contribution >= 0.6 is 35.3 Å². The number of rotatable bonds is 6. The van der Waals surface area contributed by atoms with Gasteiger partial charge in [0.25, 0.3) is 0 Å². The van der Waals surface area contributed by atoms with Crippen molar-refractivity contribution in [3.8, 4) is 0 Å². The van der Waals surface area contributed by atoms with Crippen molar-refractivity contribution in [1.82, 2.24) is 14.9 Å². The van der Waals surface area contributed by atoms with Gasteiger partial charge in [-0.25, -0.2) is 13.1 Å². The van der Waals surface area contributed by atoms with Gasteiger partial charge in [0.05, 0.1) is 10.8 Å². The highest BCUT2D eigenvalue weighted by Crippen LogP contribution is 2.22. The van der Waals surface area contributed by atoms with E-state index in [-0.39, 0.29) is 35.8 Å². The number of anilines is 1. The van der Waals surface area contributed by atoms with Crippen LogP contribution in [-0.4, -0.2) is 70.8 Å². The second-order valence-corrected chi connectivity index (χ2v) is 8.79. The lowest BCUT2D eigenvalue weighted by Crippen LogP contribution is -2.53. The highest BCUT2D eigenvalue weighted by Gasteiger charge is 2.20. The molecule has 0 atom stereocenters. The van der Waals surface area contributed by atoms with Gasteiger partial charge < -0.3 is 15.1 Å². The van der Waals surface area contributed by atoms with Crippen molar-refractivity contribution in [3.63, 3.8) is 0 Å². The molecule has 144 valence electrons. The van der Waals surface area contributed by atoms with Crippen molar-refractivity contribution in [1.29, 1.82) is 0 Å². The molecule has 0 radical (unpaired) electrons. The van der Waals surface area contributed by atoms with E-state index >= 15 is 0 Å². The molecule has 1 saturated heterocycles. The van der Waals surface area contributed by atoms with E-state index < -0.39 is 10.0 Å². The molecule has 2 N–H and O–H groups in total. The van der Waals surface area contributed by atoms with E-state index in [0.29, 0.717) is 6.54 Å². The van der Waals surface area contributed by atoms with Crippen molar-refractivity contribution >= 4 is 56.3 Å². The Bertz CT molecular complexity index is 626. The first-order chi connectivity index (χ1) is 11.4. The van der Waals surface area contributed by atoms with Gasteiger partial charge in [0.2, 0.25) is 10.0 Å². The molecule has 1 aromatic rings. The van der Waals surface area contributed by atoms with Crippen molar-refractivity contribution in [3.05, 3.63) is 17.5 Å². The van der Waals surface area contributed by atoms with Crippen LogP contribution in [0.4, 0.5) is 5.00 Å². The lowest BCUT2D eigenvalue weighted by atomic mass is 10.3. The van der Waals surface area contributed by atoms with Gasteiger partial charge >= 0.3 is 0 Å². The maximum absolute atomic E-state index is 11.9. The van der Waals surface area contributed by atoms with Gasteiger partial charge in [0.15, 0.2) is 5.96 Å². The molecule has 2 heterocycles. The fourth-order valence-electron chi connectivity index (χ4n) is 2.64. The summed E-state index contributed by atoms with van der Waals surface area (Å²) in [5.74, 6) is 0.805. The van der Waals surface area contributed by atoms with Crippen molar-refractivity contribution in [2.45, 2.75) is 19.9 Å². The molecule has 0 aliphatic carbocycles. The number of hydrogen-bond acceptors (Lipinski definition) is 5. The fourth-order valence-corrected chi connectivity index (χ4v) is 4.63. The van der Waals surface area contributed by atoms with E-state index in [2.05, 4.69) is 42.3 Å². The van der Waals surface area contributed by atoms with Gasteiger partial charge in [-0.1, -0.05) is 0 Å². The molecule has 0 amide bonds. The van der Waals surface area contributed by atoms with Gasteiger partial charge in [0, 0.05) is 45.8 Å². The summed E-state index contributed by atoms with van der Waals surface area (Å²) >= 11 is 1.75. The third-order valence-electron chi connectivity index (χ3n) is 3.68. The van der Waals surface area contributed by atoms with Crippen LogP contribution in [0.25, 0.3) is 0 Å². The lowest BCUT2D eigenvalue weighted by molar-refractivity contribution is 0.374. The van der Waals surface area contributed by atoms with E-state index in [9.17, 15) is 8.42 Å². The molecule has 10 heteroatoms. The summed E-state index contributed by atoms with van der Waals surface area (Å²) in [4.78, 5) is 8.82. The van der Waals surface area contributed by atoms with Crippen LogP contribution in [0.15, 0.2) is 22.5 Å². The Kier molecular flexibility index (Phi) is 9.46. The Balaban J connectivity index is 0.00000312. The van der Waals surface area contributed by atoms with Crippen LogP contribution in [0.3, 0.4) is 0 Å². The minimum Gasteiger partial charge on any atom is -0.360 e. The Morgan fingerprint density at radius 1 is 1.32 bits per heavy atom. The maximum atomic E-state index is 11.9. The number of sulfonamides is 1. The molecule has 0 bridgehead atoms. The minimum absolute atomic E-state index is 0. The smallest absolute Gasteiger partial charge is 0.213 e. The minimum atomic E-state index is -3.25. The van der Waals surface area contributed by atoms with Crippen LogP contribution in [0.2, 0.25) is 0 Å². The second kappa shape index (κ2) is 10.5. The average molecular weight is 501 g/mol. The molecule has 2 rings (SSSR count). The normalized spacial score (nSPS) is 16.1. The van der Waals surface area contributed by atoms with E-state index in [1.165, 1.54) is 5.00 Å². The molecule has 0 aromatic carbocycles. The van der Waals surface area contributed by atoms with Crippen LogP contribution in [-0.2, 0) is 10.0 Å². The molecular formula is C15H28IN5O2S2. The first kappa shape index (κ1) is 22.5. The zero-order valence-electron chi connectivity index (χ0n) is 14.9. The summed E-state index contributed by atoms with van der Waals surface area (Å²) in [6, 6.07) is 4.12. The van der Waals surface area contributed by atoms with Gasteiger partial charge in [-0.3, -0.25) is 4.99 Å². The number of piperazine rings is 1. The largest absolute Gasteiger partial charge is 0.360 e. The van der Waals surface area contributed by atoms with E-state index in [0.717, 1.165) is 32.1 Å². The number of nitrogens with one attached hydrogen (secondary N) is 2. The Morgan fingerprint density at radius 2 is 2.00 bits per heavy atom. The Labute approximate surface area is 171 Å². The second-order valence-electron chi connectivity index (χ2n) is 5.99. The topological polar surface area (TPSA) is 77.0 Å². The van der Waals surface area contributed by atoms with Crippen LogP contribution in [0.1, 0.15) is 13.8 Å². The van der Waals surface area contributed by atoms with Crippen molar-refractivity contribution in [2.75, 3.05) is 50.4 Å². The molecule has 0 unspecified atom stereocenters. The summed E-state index contributed by atoms with van der Waals surface area (Å²) in [5.41, 5.74) is 0. The summed E-state index contributed by atoms with van der Waals surface area (Å²) in [6.07, 6.45) is 0. The van der Waals surface area contributed by atoms with Crippen LogP contribution in [0, 0.1) is 0 Å². The van der Waals surface area contributed by atoms with Gasteiger partial charge in [0.1, 0.15) is 0 Å². The van der Waals surface area contributed by atoms with Crippen LogP contribution in [0.5, 0.6) is 0 Å². The van der Waals surface area contributed by atoms with Gasteiger partial charge in [-0.2, -0.15) is 0 Å². The van der Waals surface area contributed by atoms with Gasteiger partial charge in [-0.05, 0) is 31.4 Å². The number of halogens is 1. The maximum Gasteiger partial charge on any atom is 0.213 e. The van der Waals surface area contributed by atoms with Gasteiger partial charge in [-0.15, -0.1) is 35.3 Å². The van der Waals surface area contributed by atoms with Crippen molar-refractivity contribution < 1.29 is 8.42 Å². The van der Waals surface area contributed by atoms with E-state index in [1.54, 1.807) is 18.4 Å². The molecule has 1 fully saturated rings. The predicted octanol–water partition coefficient (Wildman–Crippen LogP) is 1.39. The fraction of sp³-hybridized carbons (Fsp3) is 0.667. The standard InChI is InChI=1S/C15H27N5O2S2.HI/c1-13(2)18-24(21,22)12-6-17-15(16-3)20-9-7-19(8-10-20)14-5-4-11-23-14;/h4-5,11,13,18H,6-10,12H2,1-3H3,(H,16,17);1H. The molecule has 1 aliphatic rings. The highest BCUT2D eigenvalue weighted by atomic mass is 127. The first-order valence-electron chi connectivity index (χ1n) is 8.15. The Hall–Kier alpha value is -0.590. The molecule has 25 heavy (non-hydrogen) atoms. The summed E-state index contributed by atoms with van der Waals surface area (Å²) in [6.45, 7) is 7.60. The number of thiophene rings is 1. The monoisotopic (exact) mass is 501 g/mol. The number of guanidine groups is 1. The molecular weight excluding hydrogens is 473 g/mol. The molecule has 0 spiro atoms. The third kappa shape index (κ3) is 7.27. The molecule has 1 aromatic heterocycles. The zero-order chi connectivity index (χ0) is 17.6. The summed E-state index contributed by atoms with van der Waals surface area (Å²) < 4.78 is 26.3. The molecule has 7 nitrogen and oxygen atoms in total. The third-order valence-corrected chi connectivity index (χ3v) is 6.18. The van der Waals surface area contributed by atoms with E-state index in [1.807, 2.05) is 13.8 Å². The Morgan fingerprint density at radius 3 is 2.52 bits per heavy atom. The highest BCUT2D eigenvalue weighted by molar-refractivity contribution is 14.0. The molecule has 0 saturated carbocycles.